The van der Waals surface area contributed by atoms with E-state index in [0.717, 1.165) is 6.07 Å². The number of carboxylic acid groups (broad SMARTS) is 1. The molecule has 1 N–H and O–H groups in total. The first kappa shape index (κ1) is 11.6. The molecule has 0 radical (unpaired) electrons. The predicted octanol–water partition coefficient (Wildman–Crippen LogP) is 3.14. The van der Waals surface area contributed by atoms with Crippen molar-refractivity contribution in [3.05, 3.63) is 40.3 Å². The summed E-state index contributed by atoms with van der Waals surface area (Å²) >= 11 is 5.80. The number of hydrogen-bond donors (Lipinski definition) is 1. The molecule has 0 amide bonds. The molecule has 17 heavy (non-hydrogen) atoms. The van der Waals surface area contributed by atoms with Gasteiger partial charge in [-0.3, -0.25) is 0 Å². The summed E-state index contributed by atoms with van der Waals surface area (Å²) < 4.78 is 18.6. The molecule has 0 aliphatic heterocycles. The van der Waals surface area contributed by atoms with E-state index >= 15 is 0 Å². The van der Waals surface area contributed by atoms with E-state index in [4.69, 9.17) is 21.2 Å². The highest BCUT2D eigenvalue weighted by atomic mass is 35.5. The number of aromatic nitrogens is 1. The standard InChI is InChI=1S/C11H7ClFNO3/c1-5-2-6(12)3-7(10(5)13)9-4-8(11(15)16)14-17-9/h2-4H,1H3,(H,15,16). The number of benzene rings is 1. The Labute approximate surface area is 101 Å². The second kappa shape index (κ2) is 4.18. The average Bonchev–Trinajstić information content (AvgIpc) is 2.72. The zero-order chi connectivity index (χ0) is 12.6. The van der Waals surface area contributed by atoms with E-state index in [0.29, 0.717) is 10.6 Å². The van der Waals surface area contributed by atoms with Crippen LogP contribution in [0.15, 0.2) is 22.7 Å². The fraction of sp³-hybridized carbons (Fsp3) is 0.0909. The van der Waals surface area contributed by atoms with E-state index in [2.05, 4.69) is 5.16 Å². The number of aromatic carboxylic acids is 1. The molecule has 0 unspecified atom stereocenters. The van der Waals surface area contributed by atoms with Crippen molar-refractivity contribution < 1.29 is 18.8 Å². The minimum Gasteiger partial charge on any atom is -0.476 e. The Balaban J connectivity index is 2.56. The Morgan fingerprint density at radius 3 is 2.76 bits per heavy atom. The maximum absolute atomic E-state index is 13.8. The van der Waals surface area contributed by atoms with Crippen LogP contribution in [0.4, 0.5) is 4.39 Å². The molecule has 1 aromatic carbocycles. The lowest BCUT2D eigenvalue weighted by Gasteiger charge is -2.02. The average molecular weight is 256 g/mol. The van der Waals surface area contributed by atoms with Gasteiger partial charge in [-0.05, 0) is 24.6 Å². The van der Waals surface area contributed by atoms with Gasteiger partial charge >= 0.3 is 5.97 Å². The molecule has 0 bridgehead atoms. The van der Waals surface area contributed by atoms with Crippen molar-refractivity contribution in [2.24, 2.45) is 0 Å². The van der Waals surface area contributed by atoms with Crippen LogP contribution in [-0.4, -0.2) is 16.2 Å². The van der Waals surface area contributed by atoms with Gasteiger partial charge < -0.3 is 9.63 Å². The van der Waals surface area contributed by atoms with Crippen molar-refractivity contribution in [1.29, 1.82) is 0 Å². The Hall–Kier alpha value is -1.88. The minimum atomic E-state index is -1.24. The van der Waals surface area contributed by atoms with Gasteiger partial charge in [0.05, 0.1) is 5.56 Å². The molecule has 0 aliphatic rings. The first-order valence-electron chi connectivity index (χ1n) is 4.65. The van der Waals surface area contributed by atoms with Crippen LogP contribution in [0.2, 0.25) is 5.02 Å². The topological polar surface area (TPSA) is 63.3 Å². The molecule has 0 aliphatic carbocycles. The van der Waals surface area contributed by atoms with Crippen LogP contribution >= 0.6 is 11.6 Å². The minimum absolute atomic E-state index is 0.0329. The lowest BCUT2D eigenvalue weighted by atomic mass is 10.1. The molecule has 4 nitrogen and oxygen atoms in total. The molecule has 0 saturated carbocycles. The quantitative estimate of drug-likeness (QED) is 0.895. The summed E-state index contributed by atoms with van der Waals surface area (Å²) in [4.78, 5) is 10.6. The number of hydrogen-bond acceptors (Lipinski definition) is 3. The van der Waals surface area contributed by atoms with Crippen molar-refractivity contribution in [2.45, 2.75) is 6.92 Å². The van der Waals surface area contributed by atoms with Gasteiger partial charge in [-0.1, -0.05) is 16.8 Å². The maximum Gasteiger partial charge on any atom is 0.358 e. The van der Waals surface area contributed by atoms with E-state index in [-0.39, 0.29) is 17.0 Å². The van der Waals surface area contributed by atoms with E-state index < -0.39 is 11.8 Å². The van der Waals surface area contributed by atoms with Crippen LogP contribution in [0.1, 0.15) is 16.1 Å². The van der Waals surface area contributed by atoms with Gasteiger partial charge in [0.25, 0.3) is 0 Å². The Bertz CT molecular complexity index is 594. The molecular formula is C11H7ClFNO3. The van der Waals surface area contributed by atoms with Crippen LogP contribution in [0.3, 0.4) is 0 Å². The van der Waals surface area contributed by atoms with Gasteiger partial charge in [0, 0.05) is 11.1 Å². The van der Waals surface area contributed by atoms with E-state index in [1.54, 1.807) is 6.92 Å². The fourth-order valence-electron chi connectivity index (χ4n) is 1.41. The van der Waals surface area contributed by atoms with Gasteiger partial charge in [-0.2, -0.15) is 0 Å². The first-order valence-corrected chi connectivity index (χ1v) is 5.03. The molecule has 0 saturated heterocycles. The SMILES string of the molecule is Cc1cc(Cl)cc(-c2cc(C(=O)O)no2)c1F. The maximum atomic E-state index is 13.8. The third kappa shape index (κ3) is 2.14. The summed E-state index contributed by atoms with van der Waals surface area (Å²) in [7, 11) is 0. The van der Waals surface area contributed by atoms with Crippen LogP contribution in [0.5, 0.6) is 0 Å². The van der Waals surface area contributed by atoms with Crippen molar-refractivity contribution in [1.82, 2.24) is 5.16 Å². The lowest BCUT2D eigenvalue weighted by molar-refractivity contribution is 0.0686. The molecule has 88 valence electrons. The number of halogens is 2. The molecule has 1 aromatic heterocycles. The van der Waals surface area contributed by atoms with Crippen LogP contribution in [-0.2, 0) is 0 Å². The zero-order valence-corrected chi connectivity index (χ0v) is 9.45. The molecule has 1 heterocycles. The largest absolute Gasteiger partial charge is 0.476 e. The van der Waals surface area contributed by atoms with E-state index in [1.807, 2.05) is 0 Å². The molecule has 2 aromatic rings. The van der Waals surface area contributed by atoms with Crippen molar-refractivity contribution >= 4 is 17.6 Å². The molecule has 6 heteroatoms. The predicted molar refractivity (Wildman–Crippen MR) is 58.6 cm³/mol. The molecule has 0 atom stereocenters. The highest BCUT2D eigenvalue weighted by molar-refractivity contribution is 6.30. The Kier molecular flexibility index (Phi) is 2.85. The van der Waals surface area contributed by atoms with Crippen molar-refractivity contribution in [3.63, 3.8) is 0 Å². The molecule has 2 rings (SSSR count). The van der Waals surface area contributed by atoms with Gasteiger partial charge in [0.15, 0.2) is 11.5 Å². The third-order valence-electron chi connectivity index (χ3n) is 2.21. The highest BCUT2D eigenvalue weighted by Crippen LogP contribution is 2.28. The molecule has 0 fully saturated rings. The smallest absolute Gasteiger partial charge is 0.358 e. The van der Waals surface area contributed by atoms with E-state index in [1.165, 1.54) is 12.1 Å². The van der Waals surface area contributed by atoms with Crippen molar-refractivity contribution in [2.75, 3.05) is 0 Å². The van der Waals surface area contributed by atoms with Crippen LogP contribution in [0, 0.1) is 12.7 Å². The van der Waals surface area contributed by atoms with Gasteiger partial charge in [0.1, 0.15) is 5.82 Å². The first-order chi connectivity index (χ1) is 7.99. The summed E-state index contributed by atoms with van der Waals surface area (Å²) in [5.41, 5.74) is 0.160. The summed E-state index contributed by atoms with van der Waals surface area (Å²) in [6.45, 7) is 1.55. The number of carboxylic acids is 1. The van der Waals surface area contributed by atoms with Crippen LogP contribution < -0.4 is 0 Å². The molecule has 0 spiro atoms. The third-order valence-corrected chi connectivity index (χ3v) is 2.43. The monoisotopic (exact) mass is 255 g/mol. The summed E-state index contributed by atoms with van der Waals surface area (Å²) in [5.74, 6) is -1.72. The fourth-order valence-corrected chi connectivity index (χ4v) is 1.68. The Morgan fingerprint density at radius 1 is 1.47 bits per heavy atom. The second-order valence-electron chi connectivity index (χ2n) is 3.47. The highest BCUT2D eigenvalue weighted by Gasteiger charge is 2.16. The number of nitrogens with zero attached hydrogens (tertiary/aromatic N) is 1. The van der Waals surface area contributed by atoms with Gasteiger partial charge in [0.2, 0.25) is 0 Å². The number of aryl methyl sites for hydroxylation is 1. The zero-order valence-electron chi connectivity index (χ0n) is 8.70. The van der Waals surface area contributed by atoms with Crippen LogP contribution in [0.25, 0.3) is 11.3 Å². The molecular weight excluding hydrogens is 249 g/mol. The number of carbonyl (C=O) groups is 1. The van der Waals surface area contributed by atoms with Gasteiger partial charge in [-0.15, -0.1) is 0 Å². The Morgan fingerprint density at radius 2 is 2.18 bits per heavy atom. The number of rotatable bonds is 2. The lowest BCUT2D eigenvalue weighted by Crippen LogP contribution is -1.94. The van der Waals surface area contributed by atoms with E-state index in [9.17, 15) is 9.18 Å². The second-order valence-corrected chi connectivity index (χ2v) is 3.90. The van der Waals surface area contributed by atoms with Crippen molar-refractivity contribution in [3.8, 4) is 11.3 Å². The summed E-state index contributed by atoms with van der Waals surface area (Å²) in [5, 5.41) is 12.3. The summed E-state index contributed by atoms with van der Waals surface area (Å²) in [6, 6.07) is 3.97. The van der Waals surface area contributed by atoms with Gasteiger partial charge in [-0.25, -0.2) is 9.18 Å². The summed E-state index contributed by atoms with van der Waals surface area (Å²) in [6.07, 6.45) is 0. The normalized spacial score (nSPS) is 10.5.